The summed E-state index contributed by atoms with van der Waals surface area (Å²) in [5.74, 6) is 0.363. The number of benzene rings is 1. The van der Waals surface area contributed by atoms with Crippen LogP contribution in [-0.2, 0) is 4.74 Å². The zero-order chi connectivity index (χ0) is 16.2. The highest BCUT2D eigenvalue weighted by Crippen LogP contribution is 2.17. The molecule has 10 nitrogen and oxygen atoms in total. The van der Waals surface area contributed by atoms with Crippen LogP contribution in [0.4, 0.5) is 10.6 Å². The molecule has 0 atom stereocenters. The highest BCUT2D eigenvalue weighted by Gasteiger charge is 2.12. The summed E-state index contributed by atoms with van der Waals surface area (Å²) >= 11 is 4.97. The quantitative estimate of drug-likeness (QED) is 0.468. The standard InChI is InChI=1S/C12H12N8O2S/c1-2-22-12(21)14-11(23)17-15-9-10-16-18-19-20(10)8-6-4-3-5-7(8)13-9/h3-6H,2H2,1H3,(H,13,15)(H2,14,17,21,23). The number of ether oxygens (including phenoxy) is 1. The van der Waals surface area contributed by atoms with Crippen LogP contribution in [0.2, 0.25) is 0 Å². The average Bonchev–Trinajstić information content (AvgIpc) is 3.03. The van der Waals surface area contributed by atoms with Gasteiger partial charge in [0.25, 0.3) is 0 Å². The van der Waals surface area contributed by atoms with Gasteiger partial charge in [0.15, 0.2) is 10.9 Å². The normalized spacial score (nSPS) is 10.5. The van der Waals surface area contributed by atoms with Crippen molar-refractivity contribution in [3.8, 4) is 0 Å². The molecule has 0 saturated heterocycles. The van der Waals surface area contributed by atoms with Crippen molar-refractivity contribution in [2.75, 3.05) is 12.0 Å². The number of thiocarbonyl (C=S) groups is 1. The van der Waals surface area contributed by atoms with E-state index in [-0.39, 0.29) is 11.7 Å². The van der Waals surface area contributed by atoms with Gasteiger partial charge in [-0.1, -0.05) is 12.1 Å². The van der Waals surface area contributed by atoms with Crippen molar-refractivity contribution in [1.82, 2.24) is 35.8 Å². The third kappa shape index (κ3) is 3.08. The first-order chi connectivity index (χ1) is 11.2. The van der Waals surface area contributed by atoms with E-state index >= 15 is 0 Å². The van der Waals surface area contributed by atoms with Gasteiger partial charge in [0.05, 0.1) is 17.6 Å². The fraction of sp³-hybridized carbons (Fsp3) is 0.167. The summed E-state index contributed by atoms with van der Waals surface area (Å²) in [5.41, 5.74) is 7.29. The Balaban J connectivity index is 1.81. The number of carbonyl (C=O) groups is 1. The Bertz CT molecular complexity index is 880. The molecule has 1 aromatic carbocycles. The number of fused-ring (bicyclic) bond motifs is 3. The number of nitrogens with one attached hydrogen (secondary N) is 3. The number of alkyl carbamates (subject to hydrolysis) is 1. The number of amides is 1. The lowest BCUT2D eigenvalue weighted by atomic mass is 10.3. The molecule has 3 rings (SSSR count). The Hall–Kier alpha value is -3.08. The molecule has 3 N–H and O–H groups in total. The number of anilines is 1. The van der Waals surface area contributed by atoms with Crippen LogP contribution in [0.3, 0.4) is 0 Å². The second-order valence-corrected chi connectivity index (χ2v) is 4.70. The van der Waals surface area contributed by atoms with Gasteiger partial charge in [-0.3, -0.25) is 16.2 Å². The molecule has 0 aliphatic carbocycles. The van der Waals surface area contributed by atoms with Crippen molar-refractivity contribution >= 4 is 45.9 Å². The van der Waals surface area contributed by atoms with Crippen molar-refractivity contribution in [3.05, 3.63) is 24.3 Å². The first kappa shape index (κ1) is 14.8. The van der Waals surface area contributed by atoms with E-state index in [1.165, 1.54) is 0 Å². The smallest absolute Gasteiger partial charge is 0.413 e. The minimum atomic E-state index is -0.646. The molecule has 0 radical (unpaired) electrons. The van der Waals surface area contributed by atoms with Crippen LogP contribution >= 0.6 is 12.2 Å². The zero-order valence-electron chi connectivity index (χ0n) is 12.0. The van der Waals surface area contributed by atoms with Crippen molar-refractivity contribution < 1.29 is 9.53 Å². The summed E-state index contributed by atoms with van der Waals surface area (Å²) in [6, 6.07) is 7.41. The molecule has 118 valence electrons. The number of nitrogens with zero attached hydrogens (tertiary/aromatic N) is 5. The second-order valence-electron chi connectivity index (χ2n) is 4.29. The van der Waals surface area contributed by atoms with Crippen LogP contribution in [0.15, 0.2) is 24.3 Å². The number of hydrogen-bond acceptors (Lipinski definition) is 8. The van der Waals surface area contributed by atoms with E-state index in [0.717, 1.165) is 5.52 Å². The summed E-state index contributed by atoms with van der Waals surface area (Å²) in [6.07, 6.45) is -0.646. The molecule has 0 bridgehead atoms. The number of carbonyl (C=O) groups excluding carboxylic acids is 1. The molecule has 2 heterocycles. The Morgan fingerprint density at radius 3 is 3.04 bits per heavy atom. The van der Waals surface area contributed by atoms with Crippen LogP contribution in [0, 0.1) is 0 Å². The van der Waals surface area contributed by atoms with E-state index in [1.807, 2.05) is 24.3 Å². The number of para-hydroxylation sites is 2. The monoisotopic (exact) mass is 332 g/mol. The van der Waals surface area contributed by atoms with Gasteiger partial charge in [0.1, 0.15) is 0 Å². The van der Waals surface area contributed by atoms with Crippen molar-refractivity contribution in [2.45, 2.75) is 6.92 Å². The number of hydrazine groups is 1. The van der Waals surface area contributed by atoms with E-state index in [0.29, 0.717) is 17.0 Å². The number of rotatable bonds is 3. The second kappa shape index (κ2) is 6.36. The molecule has 2 aromatic heterocycles. The van der Waals surface area contributed by atoms with E-state index < -0.39 is 6.09 Å². The van der Waals surface area contributed by atoms with Gasteiger partial charge in [-0.2, -0.15) is 4.52 Å². The molecule has 0 unspecified atom stereocenters. The Labute approximate surface area is 135 Å². The minimum Gasteiger partial charge on any atom is -0.450 e. The van der Waals surface area contributed by atoms with Gasteiger partial charge in [-0.15, -0.1) is 5.10 Å². The topological polar surface area (TPSA) is 118 Å². The molecule has 11 heteroatoms. The average molecular weight is 332 g/mol. The number of aromatic nitrogens is 5. The van der Waals surface area contributed by atoms with E-state index in [1.54, 1.807) is 11.4 Å². The fourth-order valence-corrected chi connectivity index (χ4v) is 2.03. The van der Waals surface area contributed by atoms with Gasteiger partial charge in [0.2, 0.25) is 5.65 Å². The predicted molar refractivity (Wildman–Crippen MR) is 85.6 cm³/mol. The highest BCUT2D eigenvalue weighted by atomic mass is 32.1. The SMILES string of the molecule is CCOC(=O)NC(=S)NNc1nc2ccccc2n2nnnc12. The Kier molecular flexibility index (Phi) is 4.10. The van der Waals surface area contributed by atoms with Crippen LogP contribution in [0.1, 0.15) is 6.92 Å². The molecule has 0 aliphatic heterocycles. The molecule has 23 heavy (non-hydrogen) atoms. The van der Waals surface area contributed by atoms with Crippen molar-refractivity contribution in [3.63, 3.8) is 0 Å². The summed E-state index contributed by atoms with van der Waals surface area (Å²) in [4.78, 5) is 15.7. The maximum Gasteiger partial charge on any atom is 0.413 e. The van der Waals surface area contributed by atoms with Crippen LogP contribution < -0.4 is 16.2 Å². The molecular weight excluding hydrogens is 320 g/mol. The molecule has 3 aromatic rings. The lowest BCUT2D eigenvalue weighted by Gasteiger charge is -2.11. The summed E-state index contributed by atoms with van der Waals surface area (Å²) in [6.45, 7) is 1.95. The van der Waals surface area contributed by atoms with Gasteiger partial charge in [0, 0.05) is 0 Å². The minimum absolute atomic E-state index is 0.0315. The van der Waals surface area contributed by atoms with E-state index in [2.05, 4.69) is 36.7 Å². The lowest BCUT2D eigenvalue weighted by molar-refractivity contribution is 0.158. The molecule has 0 fully saturated rings. The Morgan fingerprint density at radius 2 is 2.22 bits per heavy atom. The van der Waals surface area contributed by atoms with Crippen LogP contribution in [0.5, 0.6) is 0 Å². The lowest BCUT2D eigenvalue weighted by Crippen LogP contribution is -2.42. The van der Waals surface area contributed by atoms with Crippen molar-refractivity contribution in [2.24, 2.45) is 0 Å². The summed E-state index contributed by atoms with van der Waals surface area (Å²) < 4.78 is 6.27. The van der Waals surface area contributed by atoms with E-state index in [4.69, 9.17) is 17.0 Å². The maximum atomic E-state index is 11.3. The molecule has 0 spiro atoms. The number of hydrogen-bond donors (Lipinski definition) is 3. The van der Waals surface area contributed by atoms with Crippen LogP contribution in [-0.4, -0.2) is 42.8 Å². The first-order valence-electron chi connectivity index (χ1n) is 6.65. The fourth-order valence-electron chi connectivity index (χ4n) is 1.90. The van der Waals surface area contributed by atoms with Crippen LogP contribution in [0.25, 0.3) is 16.7 Å². The number of tetrazole rings is 1. The zero-order valence-corrected chi connectivity index (χ0v) is 12.8. The van der Waals surface area contributed by atoms with Crippen molar-refractivity contribution in [1.29, 1.82) is 0 Å². The third-order valence-corrected chi connectivity index (χ3v) is 3.01. The van der Waals surface area contributed by atoms with E-state index in [9.17, 15) is 4.79 Å². The summed E-state index contributed by atoms with van der Waals surface area (Å²) in [7, 11) is 0. The maximum absolute atomic E-state index is 11.3. The van der Waals surface area contributed by atoms with Gasteiger partial charge in [-0.05, 0) is 41.7 Å². The van der Waals surface area contributed by atoms with Gasteiger partial charge < -0.3 is 4.74 Å². The first-order valence-corrected chi connectivity index (χ1v) is 7.06. The predicted octanol–water partition coefficient (Wildman–Crippen LogP) is 0.620. The highest BCUT2D eigenvalue weighted by molar-refractivity contribution is 7.80. The molecule has 0 saturated carbocycles. The third-order valence-electron chi connectivity index (χ3n) is 2.81. The Morgan fingerprint density at radius 1 is 1.39 bits per heavy atom. The molecule has 0 aliphatic rings. The largest absolute Gasteiger partial charge is 0.450 e. The van der Waals surface area contributed by atoms with Gasteiger partial charge >= 0.3 is 6.09 Å². The van der Waals surface area contributed by atoms with Gasteiger partial charge in [-0.25, -0.2) is 9.78 Å². The molecular formula is C12H12N8O2S. The summed E-state index contributed by atoms with van der Waals surface area (Å²) in [5, 5.41) is 13.9. The molecule has 1 amide bonds.